The molecule has 1 aliphatic rings. The Morgan fingerprint density at radius 2 is 1.57 bits per heavy atom. The number of aliphatic imine (C=N–C) groups is 1. The topological polar surface area (TPSA) is 34.5 Å². The highest BCUT2D eigenvalue weighted by atomic mass is 32.1. The van der Waals surface area contributed by atoms with Gasteiger partial charge in [0.15, 0.2) is 5.82 Å². The fourth-order valence-corrected chi connectivity index (χ4v) is 6.19. The van der Waals surface area contributed by atoms with Gasteiger partial charge in [0, 0.05) is 23.4 Å². The molecule has 1 aromatic heterocycles. The Bertz CT molecular complexity index is 1710. The van der Waals surface area contributed by atoms with Crippen molar-refractivity contribution in [2.24, 2.45) is 10.9 Å². The third-order valence-electron chi connectivity index (χ3n) is 8.56. The first-order chi connectivity index (χ1) is 22.1. The van der Waals surface area contributed by atoms with Crippen molar-refractivity contribution in [2.75, 3.05) is 0 Å². The molecule has 240 valence electrons. The second-order valence-corrected chi connectivity index (χ2v) is 11.8. The maximum absolute atomic E-state index is 15.3. The van der Waals surface area contributed by atoms with E-state index >= 15 is 4.39 Å². The van der Waals surface area contributed by atoms with E-state index in [1.807, 2.05) is 23.5 Å². The number of benzene rings is 3. The van der Waals surface area contributed by atoms with E-state index in [1.54, 1.807) is 6.07 Å². The van der Waals surface area contributed by atoms with Crippen molar-refractivity contribution in [3.63, 3.8) is 0 Å². The lowest BCUT2D eigenvalue weighted by Gasteiger charge is -2.28. The number of alkyl halides is 2. The van der Waals surface area contributed by atoms with Gasteiger partial charge in [-0.05, 0) is 97.3 Å². The van der Waals surface area contributed by atoms with Gasteiger partial charge in [0.25, 0.3) is 0 Å². The highest BCUT2D eigenvalue weighted by molar-refractivity contribution is 7.78. The Labute approximate surface area is 269 Å². The van der Waals surface area contributed by atoms with E-state index in [-0.39, 0.29) is 16.8 Å². The molecule has 5 rings (SSSR count). The average molecular weight is 655 g/mol. The predicted octanol–water partition coefficient (Wildman–Crippen LogP) is 11.7. The Morgan fingerprint density at radius 3 is 2.17 bits per heavy atom. The lowest BCUT2D eigenvalue weighted by atomic mass is 9.77. The van der Waals surface area contributed by atoms with Gasteiger partial charge >= 0.3 is 6.11 Å². The number of rotatable bonds is 11. The maximum Gasteiger partial charge on any atom is 0.432 e. The molecule has 0 unspecified atom stereocenters. The first-order valence-corrected chi connectivity index (χ1v) is 15.7. The lowest BCUT2D eigenvalue weighted by Crippen LogP contribution is -2.25. The zero-order chi connectivity index (χ0) is 32.8. The van der Waals surface area contributed by atoms with Crippen LogP contribution in [0.1, 0.15) is 75.3 Å². The van der Waals surface area contributed by atoms with Gasteiger partial charge in [0.1, 0.15) is 34.5 Å². The van der Waals surface area contributed by atoms with E-state index in [0.717, 1.165) is 36.5 Å². The third kappa shape index (κ3) is 7.68. The Morgan fingerprint density at radius 1 is 0.848 bits per heavy atom. The van der Waals surface area contributed by atoms with Gasteiger partial charge in [0.05, 0.1) is 10.9 Å². The minimum atomic E-state index is -4.53. The second kappa shape index (κ2) is 14.6. The normalized spacial score (nSPS) is 16.6. The van der Waals surface area contributed by atoms with Crippen LogP contribution in [0.5, 0.6) is 5.75 Å². The molecule has 0 atom stereocenters. The number of halogens is 6. The van der Waals surface area contributed by atoms with Crippen LogP contribution in [0.4, 0.5) is 32.0 Å². The molecule has 1 fully saturated rings. The van der Waals surface area contributed by atoms with Crippen molar-refractivity contribution in [2.45, 2.75) is 70.3 Å². The van der Waals surface area contributed by atoms with Crippen molar-refractivity contribution in [3.05, 3.63) is 101 Å². The number of ether oxygens (including phenoxy) is 1. The van der Waals surface area contributed by atoms with Crippen LogP contribution >= 0.6 is 12.2 Å². The molecule has 3 aromatic carbocycles. The summed E-state index contributed by atoms with van der Waals surface area (Å²) >= 11 is 4.38. The maximum atomic E-state index is 15.3. The molecule has 0 amide bonds. The first-order valence-electron chi connectivity index (χ1n) is 15.3. The summed E-state index contributed by atoms with van der Waals surface area (Å²) in [6, 6.07) is 11.6. The van der Waals surface area contributed by atoms with Crippen molar-refractivity contribution < 1.29 is 31.1 Å². The number of hydrogen-bond donors (Lipinski definition) is 0. The van der Waals surface area contributed by atoms with Gasteiger partial charge in [-0.25, -0.2) is 17.6 Å². The van der Waals surface area contributed by atoms with Crippen LogP contribution in [0.3, 0.4) is 0 Å². The molecule has 0 bridgehead atoms. The fraction of sp³-hybridized carbons (Fsp3) is 0.333. The van der Waals surface area contributed by atoms with Gasteiger partial charge in [-0.3, -0.25) is 4.98 Å². The van der Waals surface area contributed by atoms with E-state index in [1.165, 1.54) is 50.7 Å². The Hall–Kier alpha value is -4.01. The van der Waals surface area contributed by atoms with Crippen LogP contribution < -0.4 is 4.74 Å². The standard InChI is InChI=1S/C36H32F6N2OS/c1-2-3-4-5-22-6-8-23(9-7-22)25-11-14-33(43-20-25)24-10-13-28(29(37)16-24)26-17-31(39)35(32(40)18-26)36(41,42)45-27-12-15-34(44-21-46)30(38)19-27/h10-20,22-23H,2-9H2,1H3. The van der Waals surface area contributed by atoms with Crippen LogP contribution in [0.15, 0.2) is 71.9 Å². The molecule has 1 heterocycles. The Kier molecular flexibility index (Phi) is 10.6. The molecule has 10 heteroatoms. The highest BCUT2D eigenvalue weighted by Crippen LogP contribution is 2.40. The summed E-state index contributed by atoms with van der Waals surface area (Å²) in [7, 11) is 0. The van der Waals surface area contributed by atoms with E-state index in [0.29, 0.717) is 35.4 Å². The number of hydrogen-bond acceptors (Lipinski definition) is 4. The molecule has 1 aliphatic carbocycles. The number of thiocarbonyl (C=S) groups is 1. The van der Waals surface area contributed by atoms with Gasteiger partial charge in [0.2, 0.25) is 0 Å². The number of nitrogens with zero attached hydrogens (tertiary/aromatic N) is 2. The van der Waals surface area contributed by atoms with Crippen LogP contribution in [-0.2, 0) is 6.11 Å². The molecular weight excluding hydrogens is 622 g/mol. The number of unbranched alkanes of at least 4 members (excludes halogenated alkanes) is 2. The summed E-state index contributed by atoms with van der Waals surface area (Å²) in [5.41, 5.74) is -0.322. The van der Waals surface area contributed by atoms with Crippen molar-refractivity contribution in [3.8, 4) is 28.1 Å². The lowest BCUT2D eigenvalue weighted by molar-refractivity contribution is -0.189. The fourth-order valence-electron chi connectivity index (χ4n) is 6.09. The summed E-state index contributed by atoms with van der Waals surface area (Å²) in [6.07, 6.45) is 7.10. The summed E-state index contributed by atoms with van der Waals surface area (Å²) < 4.78 is 93.4. The molecule has 0 aliphatic heterocycles. The smallest absolute Gasteiger partial charge is 0.429 e. The van der Waals surface area contributed by atoms with Crippen molar-refractivity contribution >= 4 is 23.1 Å². The van der Waals surface area contributed by atoms with Gasteiger partial charge in [-0.2, -0.15) is 13.8 Å². The largest absolute Gasteiger partial charge is 0.432 e. The van der Waals surface area contributed by atoms with Crippen molar-refractivity contribution in [1.29, 1.82) is 0 Å². The van der Waals surface area contributed by atoms with E-state index in [2.05, 4.69) is 33.9 Å². The predicted molar refractivity (Wildman–Crippen MR) is 169 cm³/mol. The van der Waals surface area contributed by atoms with E-state index < -0.39 is 40.7 Å². The first kappa shape index (κ1) is 33.4. The van der Waals surface area contributed by atoms with Gasteiger partial charge in [-0.1, -0.05) is 50.8 Å². The summed E-state index contributed by atoms with van der Waals surface area (Å²) in [6.45, 7) is 2.22. The molecule has 0 spiro atoms. The summed E-state index contributed by atoms with van der Waals surface area (Å²) in [5.74, 6) is -4.66. The minimum Gasteiger partial charge on any atom is -0.429 e. The molecule has 0 saturated heterocycles. The van der Waals surface area contributed by atoms with Gasteiger partial charge in [-0.15, -0.1) is 0 Å². The second-order valence-electron chi connectivity index (χ2n) is 11.6. The average Bonchev–Trinajstić information content (AvgIpc) is 3.02. The van der Waals surface area contributed by atoms with Crippen molar-refractivity contribution in [1.82, 2.24) is 4.98 Å². The molecule has 1 saturated carbocycles. The van der Waals surface area contributed by atoms with Crippen LogP contribution in [-0.4, -0.2) is 10.1 Å². The Balaban J connectivity index is 1.29. The highest BCUT2D eigenvalue weighted by Gasteiger charge is 2.41. The van der Waals surface area contributed by atoms with E-state index in [9.17, 15) is 22.0 Å². The zero-order valence-electron chi connectivity index (χ0n) is 25.1. The zero-order valence-corrected chi connectivity index (χ0v) is 26.0. The summed E-state index contributed by atoms with van der Waals surface area (Å²) in [5, 5.41) is 1.94. The number of pyridine rings is 1. The molecule has 4 aromatic rings. The molecule has 0 radical (unpaired) electrons. The summed E-state index contributed by atoms with van der Waals surface area (Å²) in [4.78, 5) is 7.97. The van der Waals surface area contributed by atoms with Crippen LogP contribution in [0, 0.1) is 29.2 Å². The SMILES string of the molecule is CCCCCC1CCC(c2ccc(-c3ccc(-c4cc(F)c(C(F)(F)Oc5ccc(N=C=S)c(F)c5)c(F)c4)c(F)c3)nc2)CC1. The minimum absolute atomic E-state index is 0.193. The molecule has 3 nitrogen and oxygen atoms in total. The van der Waals surface area contributed by atoms with Crippen LogP contribution in [0.25, 0.3) is 22.4 Å². The third-order valence-corrected chi connectivity index (χ3v) is 8.65. The quantitative estimate of drug-likeness (QED) is 0.0699. The number of isothiocyanates is 1. The molecule has 46 heavy (non-hydrogen) atoms. The monoisotopic (exact) mass is 654 g/mol. The molecule has 0 N–H and O–H groups in total. The van der Waals surface area contributed by atoms with Crippen LogP contribution in [0.2, 0.25) is 0 Å². The number of aromatic nitrogens is 1. The molecular formula is C36H32F6N2OS. The van der Waals surface area contributed by atoms with E-state index in [4.69, 9.17) is 0 Å². The van der Waals surface area contributed by atoms with Gasteiger partial charge < -0.3 is 4.74 Å².